The van der Waals surface area contributed by atoms with Gasteiger partial charge in [-0.05, 0) is 31.2 Å². The van der Waals surface area contributed by atoms with Crippen LogP contribution in [0.3, 0.4) is 0 Å². The quantitative estimate of drug-likeness (QED) is 0.442. The predicted octanol–water partition coefficient (Wildman–Crippen LogP) is 3.05. The van der Waals surface area contributed by atoms with E-state index in [2.05, 4.69) is 5.70 Å². The topological polar surface area (TPSA) is 17.1 Å². The molecule has 2 radical (unpaired) electrons. The van der Waals surface area contributed by atoms with Crippen molar-refractivity contribution in [3.05, 3.63) is 34.9 Å². The third kappa shape index (κ3) is 4.11. The molecule has 0 saturated carbocycles. The van der Waals surface area contributed by atoms with Gasteiger partial charge in [0.25, 0.3) is 0 Å². The van der Waals surface area contributed by atoms with E-state index in [1.165, 1.54) is 6.92 Å². The van der Waals surface area contributed by atoms with Crippen LogP contribution in [-0.4, -0.2) is 11.5 Å². The molecule has 0 N–H and O–H groups in total. The standard InChI is InChI=1S/C8H7ClO.BI/c1-6(10)7-2-4-8(9)5-3-7;1-2/h2-5H,1H3;. The molecule has 0 aromatic heterocycles. The molecule has 0 bridgehead atoms. The summed E-state index contributed by atoms with van der Waals surface area (Å²) in [5.74, 6) is 0.0664. The van der Waals surface area contributed by atoms with Crippen LogP contribution in [0.5, 0.6) is 0 Å². The van der Waals surface area contributed by atoms with E-state index in [1.807, 2.05) is 0 Å². The first-order valence-electron chi connectivity index (χ1n) is 3.18. The van der Waals surface area contributed by atoms with Crippen molar-refractivity contribution in [2.45, 2.75) is 6.92 Å². The molecule has 0 amide bonds. The van der Waals surface area contributed by atoms with Crippen LogP contribution in [0.25, 0.3) is 0 Å². The molecule has 0 atom stereocenters. The number of hydrogen-bond donors (Lipinski definition) is 0. The molecule has 0 spiro atoms. The Balaban J connectivity index is 0.000000561. The lowest BCUT2D eigenvalue weighted by molar-refractivity contribution is 0.101. The van der Waals surface area contributed by atoms with Crippen LogP contribution in [0.1, 0.15) is 17.3 Å². The van der Waals surface area contributed by atoms with Crippen LogP contribution in [-0.2, 0) is 0 Å². The lowest BCUT2D eigenvalue weighted by Crippen LogP contribution is -1.89. The number of Topliss-reactive ketones (excluding diaryl/α,β-unsaturated/α-hetero) is 1. The predicted molar refractivity (Wildman–Crippen MR) is 61.2 cm³/mol. The highest BCUT2D eigenvalue weighted by molar-refractivity contribution is 14.1. The Hall–Kier alpha value is -0.0251. The van der Waals surface area contributed by atoms with E-state index in [1.54, 1.807) is 46.6 Å². The Morgan fingerprint density at radius 1 is 1.33 bits per heavy atom. The van der Waals surface area contributed by atoms with Gasteiger partial charge in [0, 0.05) is 10.6 Å². The average Bonchev–Trinajstić information content (AvgIpc) is 2.09. The highest BCUT2D eigenvalue weighted by Gasteiger charge is 1.95. The zero-order chi connectivity index (χ0) is 9.56. The number of halogens is 2. The van der Waals surface area contributed by atoms with E-state index < -0.39 is 0 Å². The molecular weight excluding hydrogens is 285 g/mol. The molecule has 0 aliphatic rings. The normalized spacial score (nSPS) is 8.25. The van der Waals surface area contributed by atoms with Gasteiger partial charge in [0.15, 0.2) is 11.5 Å². The SMILES string of the molecule is CC(=O)c1ccc(Cl)cc1.[B]I. The monoisotopic (exact) mass is 292 g/mol. The second-order valence-corrected chi connectivity index (χ2v) is 2.50. The van der Waals surface area contributed by atoms with Crippen LogP contribution < -0.4 is 0 Å². The van der Waals surface area contributed by atoms with Gasteiger partial charge in [-0.15, -0.1) is 0 Å². The fraction of sp³-hybridized carbons (Fsp3) is 0.125. The lowest BCUT2D eigenvalue weighted by Gasteiger charge is -1.92. The van der Waals surface area contributed by atoms with Gasteiger partial charge in [-0.3, -0.25) is 4.79 Å². The van der Waals surface area contributed by atoms with Gasteiger partial charge in [-0.25, -0.2) is 0 Å². The van der Waals surface area contributed by atoms with Gasteiger partial charge in [-0.2, -0.15) is 22.4 Å². The van der Waals surface area contributed by atoms with Crippen LogP contribution in [0, 0.1) is 0 Å². The summed E-state index contributed by atoms with van der Waals surface area (Å²) in [5.41, 5.74) is 5.17. The Morgan fingerprint density at radius 2 is 1.75 bits per heavy atom. The maximum atomic E-state index is 10.7. The summed E-state index contributed by atoms with van der Waals surface area (Å²) in [5, 5.41) is 0.657. The number of ketones is 1. The smallest absolute Gasteiger partial charge is 0.169 e. The van der Waals surface area contributed by atoms with Crippen molar-refractivity contribution in [1.82, 2.24) is 0 Å². The summed E-state index contributed by atoms with van der Waals surface area (Å²) in [4.78, 5) is 10.7. The summed E-state index contributed by atoms with van der Waals surface area (Å²) < 4.78 is 0. The van der Waals surface area contributed by atoms with E-state index in [-0.39, 0.29) is 5.78 Å². The average molecular weight is 292 g/mol. The van der Waals surface area contributed by atoms with Crippen LogP contribution in [0.4, 0.5) is 0 Å². The Labute approximate surface area is 91.8 Å². The molecule has 1 rings (SSSR count). The summed E-state index contributed by atoms with van der Waals surface area (Å²) >= 11 is 7.26. The lowest BCUT2D eigenvalue weighted by atomic mass is 10.2. The number of rotatable bonds is 1. The third-order valence-corrected chi connectivity index (χ3v) is 1.50. The molecule has 0 saturated heterocycles. The van der Waals surface area contributed by atoms with E-state index in [9.17, 15) is 4.79 Å². The molecule has 1 nitrogen and oxygen atoms in total. The van der Waals surface area contributed by atoms with Gasteiger partial charge in [0.05, 0.1) is 0 Å². The minimum absolute atomic E-state index is 0.0664. The van der Waals surface area contributed by atoms with Crippen molar-refractivity contribution < 1.29 is 4.79 Å². The van der Waals surface area contributed by atoms with Crippen molar-refractivity contribution in [1.29, 1.82) is 0 Å². The van der Waals surface area contributed by atoms with E-state index >= 15 is 0 Å². The third-order valence-electron chi connectivity index (χ3n) is 1.25. The summed E-state index contributed by atoms with van der Waals surface area (Å²) in [6.45, 7) is 1.53. The first kappa shape index (κ1) is 12.0. The molecule has 1 aromatic rings. The van der Waals surface area contributed by atoms with Crippen molar-refractivity contribution in [3.8, 4) is 0 Å². The summed E-state index contributed by atoms with van der Waals surface area (Å²) in [6.07, 6.45) is 0. The van der Waals surface area contributed by atoms with E-state index in [0.717, 1.165) is 0 Å². The van der Waals surface area contributed by atoms with Gasteiger partial charge in [-0.1, -0.05) is 11.6 Å². The molecule has 62 valence electrons. The van der Waals surface area contributed by atoms with Crippen molar-refractivity contribution in [2.75, 3.05) is 0 Å². The minimum Gasteiger partial charge on any atom is -0.295 e. The highest BCUT2D eigenvalue weighted by atomic mass is 127. The maximum Gasteiger partial charge on any atom is 0.169 e. The Kier molecular flexibility index (Phi) is 6.47. The minimum atomic E-state index is 0.0664. The molecule has 0 aliphatic carbocycles. The van der Waals surface area contributed by atoms with Gasteiger partial charge in [0.1, 0.15) is 0 Å². The maximum absolute atomic E-state index is 10.7. The van der Waals surface area contributed by atoms with Crippen molar-refractivity contribution in [2.24, 2.45) is 0 Å². The number of carbonyl (C=O) groups excluding carboxylic acids is 1. The zero-order valence-electron chi connectivity index (χ0n) is 6.55. The van der Waals surface area contributed by atoms with Crippen LogP contribution >= 0.6 is 34.0 Å². The summed E-state index contributed by atoms with van der Waals surface area (Å²) in [7, 11) is 0. The van der Waals surface area contributed by atoms with E-state index in [4.69, 9.17) is 11.6 Å². The molecule has 4 heteroatoms. The molecule has 12 heavy (non-hydrogen) atoms. The fourth-order valence-corrected chi connectivity index (χ4v) is 0.811. The van der Waals surface area contributed by atoms with Crippen molar-refractivity contribution in [3.63, 3.8) is 0 Å². The zero-order valence-corrected chi connectivity index (χ0v) is 9.46. The molecule has 0 aliphatic heterocycles. The second kappa shape index (κ2) is 6.49. The fourth-order valence-electron chi connectivity index (χ4n) is 0.685. The molecular formula is C8H7BClIO. The van der Waals surface area contributed by atoms with Crippen molar-refractivity contribution >= 4 is 45.5 Å². The van der Waals surface area contributed by atoms with Gasteiger partial charge < -0.3 is 0 Å². The van der Waals surface area contributed by atoms with Gasteiger partial charge >= 0.3 is 0 Å². The van der Waals surface area contributed by atoms with Crippen LogP contribution in [0.2, 0.25) is 5.02 Å². The molecule has 1 aromatic carbocycles. The number of benzene rings is 1. The number of hydrogen-bond acceptors (Lipinski definition) is 1. The Morgan fingerprint density at radius 3 is 2.08 bits per heavy atom. The highest BCUT2D eigenvalue weighted by Crippen LogP contribution is 2.09. The Bertz CT molecular complexity index is 248. The summed E-state index contributed by atoms with van der Waals surface area (Å²) in [6, 6.07) is 6.84. The first-order chi connectivity index (χ1) is 5.70. The first-order valence-corrected chi connectivity index (χ1v) is 4.81. The van der Waals surface area contributed by atoms with E-state index in [0.29, 0.717) is 10.6 Å². The van der Waals surface area contributed by atoms with Crippen LogP contribution in [0.15, 0.2) is 24.3 Å². The second-order valence-electron chi connectivity index (χ2n) is 2.06. The van der Waals surface area contributed by atoms with Gasteiger partial charge in [0.2, 0.25) is 0 Å². The molecule has 0 unspecified atom stereocenters. The largest absolute Gasteiger partial charge is 0.295 e. The number of carbonyl (C=O) groups is 1. The molecule has 0 heterocycles. The molecule has 0 fully saturated rings.